The third kappa shape index (κ3) is 6.50. The van der Waals surface area contributed by atoms with Gasteiger partial charge in [0.25, 0.3) is 5.91 Å². The van der Waals surface area contributed by atoms with E-state index in [0.717, 1.165) is 23.8 Å². The number of sulfonamides is 1. The van der Waals surface area contributed by atoms with E-state index in [1.54, 1.807) is 0 Å². The normalized spacial score (nSPS) is 17.3. The number of esters is 1. The van der Waals surface area contributed by atoms with E-state index in [2.05, 4.69) is 10.0 Å². The number of nitrogens with one attached hydrogen (secondary N) is 2. The fourth-order valence-electron chi connectivity index (χ4n) is 2.94. The number of benzene rings is 1. The molecular weight excluding hydrogens is 464 g/mol. The number of halogens is 1. The molecule has 2 unspecified atom stereocenters. The van der Waals surface area contributed by atoms with Crippen molar-refractivity contribution in [1.29, 1.82) is 0 Å². The maximum atomic E-state index is 12.6. The van der Waals surface area contributed by atoms with E-state index >= 15 is 0 Å². The summed E-state index contributed by atoms with van der Waals surface area (Å²) in [5.74, 6) is -1.28. The molecule has 31 heavy (non-hydrogen) atoms. The van der Waals surface area contributed by atoms with Gasteiger partial charge in [0.15, 0.2) is 6.10 Å². The van der Waals surface area contributed by atoms with Crippen molar-refractivity contribution < 1.29 is 27.5 Å². The van der Waals surface area contributed by atoms with Gasteiger partial charge in [-0.15, -0.1) is 11.3 Å². The molecule has 0 spiro atoms. The van der Waals surface area contributed by atoms with Crippen molar-refractivity contribution in [3.63, 3.8) is 0 Å². The van der Waals surface area contributed by atoms with E-state index in [9.17, 15) is 18.0 Å². The first kappa shape index (κ1) is 23.7. The highest BCUT2D eigenvalue weighted by Crippen LogP contribution is 2.24. The lowest BCUT2D eigenvalue weighted by molar-refractivity contribution is -0.129. The Bertz CT molecular complexity index is 1020. The molecule has 2 N–H and O–H groups in total. The second-order valence-corrected chi connectivity index (χ2v) is 10.2. The van der Waals surface area contributed by atoms with Crippen molar-refractivity contribution in [3.8, 4) is 0 Å². The molecule has 0 aliphatic carbocycles. The van der Waals surface area contributed by atoms with Crippen molar-refractivity contribution in [2.45, 2.75) is 43.4 Å². The molecular formula is C20H23ClN2O6S2. The van der Waals surface area contributed by atoms with Gasteiger partial charge in [0.2, 0.25) is 10.0 Å². The third-order valence-electron chi connectivity index (χ3n) is 4.65. The van der Waals surface area contributed by atoms with Gasteiger partial charge in [0, 0.05) is 18.0 Å². The van der Waals surface area contributed by atoms with Crippen molar-refractivity contribution in [2.75, 3.05) is 13.2 Å². The first-order chi connectivity index (χ1) is 14.8. The van der Waals surface area contributed by atoms with E-state index in [1.807, 2.05) is 17.5 Å². The summed E-state index contributed by atoms with van der Waals surface area (Å²) in [5, 5.41) is 4.55. The Morgan fingerprint density at radius 1 is 1.35 bits per heavy atom. The number of hydrogen-bond acceptors (Lipinski definition) is 7. The molecule has 2 heterocycles. The molecule has 1 amide bonds. The summed E-state index contributed by atoms with van der Waals surface area (Å²) in [4.78, 5) is 25.4. The van der Waals surface area contributed by atoms with Crippen molar-refractivity contribution >= 4 is 44.8 Å². The molecule has 8 nitrogen and oxygen atoms in total. The monoisotopic (exact) mass is 486 g/mol. The molecule has 1 aliphatic heterocycles. The van der Waals surface area contributed by atoms with Crippen LogP contribution in [0.4, 0.5) is 0 Å². The summed E-state index contributed by atoms with van der Waals surface area (Å²) < 4.78 is 38.4. The van der Waals surface area contributed by atoms with Crippen LogP contribution >= 0.6 is 22.9 Å². The highest BCUT2D eigenvalue weighted by Gasteiger charge is 2.25. The van der Waals surface area contributed by atoms with Gasteiger partial charge in [-0.25, -0.2) is 17.9 Å². The molecule has 2 atom stereocenters. The number of carbonyl (C=O) groups excluding carboxylic acids is 2. The SMILES string of the molecule is CC(OC(=O)c1ccc(Cl)c(S(=O)(=O)NCC2CCCO2)c1)C(=O)NCc1cccs1. The molecule has 3 rings (SSSR count). The van der Waals surface area contributed by atoms with Crippen molar-refractivity contribution in [1.82, 2.24) is 10.0 Å². The Hall–Kier alpha value is -1.98. The topological polar surface area (TPSA) is 111 Å². The van der Waals surface area contributed by atoms with E-state index in [4.69, 9.17) is 21.1 Å². The van der Waals surface area contributed by atoms with E-state index in [1.165, 1.54) is 30.4 Å². The lowest BCUT2D eigenvalue weighted by atomic mass is 10.2. The summed E-state index contributed by atoms with van der Waals surface area (Å²) in [6, 6.07) is 7.54. The molecule has 1 aromatic heterocycles. The van der Waals surface area contributed by atoms with Crippen LogP contribution in [0.5, 0.6) is 0 Å². The predicted molar refractivity (Wildman–Crippen MR) is 117 cm³/mol. The average molecular weight is 487 g/mol. The Labute approximate surface area is 189 Å². The van der Waals surface area contributed by atoms with Gasteiger partial charge in [-0.1, -0.05) is 17.7 Å². The number of thiophene rings is 1. The van der Waals surface area contributed by atoms with Crippen LogP contribution in [-0.2, 0) is 30.8 Å². The Balaban J connectivity index is 1.62. The summed E-state index contributed by atoms with van der Waals surface area (Å²) in [6.07, 6.45) is 0.416. The Kier molecular flexibility index (Phi) is 8.06. The summed E-state index contributed by atoms with van der Waals surface area (Å²) in [6.45, 7) is 2.50. The standard InChI is InChI=1S/C20H23ClN2O6S2/c1-13(19(24)22-12-16-5-3-9-30-16)29-20(25)14-6-7-17(21)18(10-14)31(26,27)23-11-15-4-2-8-28-15/h3,5-7,9-10,13,15,23H,2,4,8,11-12H2,1H3,(H,22,24). The maximum absolute atomic E-state index is 12.6. The minimum absolute atomic E-state index is 0.0280. The van der Waals surface area contributed by atoms with Gasteiger partial charge in [-0.3, -0.25) is 4.79 Å². The van der Waals surface area contributed by atoms with Crippen LogP contribution in [0.3, 0.4) is 0 Å². The summed E-state index contributed by atoms with van der Waals surface area (Å²) >= 11 is 7.56. The molecule has 0 bridgehead atoms. The number of carbonyl (C=O) groups is 2. The van der Waals surface area contributed by atoms with Crippen LogP contribution in [0.2, 0.25) is 5.02 Å². The lowest BCUT2D eigenvalue weighted by Crippen LogP contribution is -2.35. The summed E-state index contributed by atoms with van der Waals surface area (Å²) in [7, 11) is -3.96. The average Bonchev–Trinajstić information content (AvgIpc) is 3.44. The second kappa shape index (κ2) is 10.6. The molecule has 2 aromatic rings. The van der Waals surface area contributed by atoms with E-state index in [-0.39, 0.29) is 28.1 Å². The molecule has 11 heteroatoms. The minimum atomic E-state index is -3.96. The third-order valence-corrected chi connectivity index (χ3v) is 7.43. The number of ether oxygens (including phenoxy) is 2. The van der Waals surface area contributed by atoms with Crippen molar-refractivity contribution in [3.05, 3.63) is 51.2 Å². The van der Waals surface area contributed by atoms with Crippen LogP contribution in [-0.4, -0.2) is 45.7 Å². The van der Waals surface area contributed by atoms with E-state index < -0.39 is 28.0 Å². The first-order valence-electron chi connectivity index (χ1n) is 9.68. The van der Waals surface area contributed by atoms with Crippen molar-refractivity contribution in [2.24, 2.45) is 0 Å². The van der Waals surface area contributed by atoms with Crippen LogP contribution in [0.25, 0.3) is 0 Å². The van der Waals surface area contributed by atoms with Crippen LogP contribution in [0.15, 0.2) is 40.6 Å². The zero-order valence-electron chi connectivity index (χ0n) is 16.8. The molecule has 168 valence electrons. The quantitative estimate of drug-likeness (QED) is 0.527. The Morgan fingerprint density at radius 3 is 2.84 bits per heavy atom. The van der Waals surface area contributed by atoms with E-state index in [0.29, 0.717) is 13.2 Å². The molecule has 1 aromatic carbocycles. The zero-order valence-corrected chi connectivity index (χ0v) is 19.2. The Morgan fingerprint density at radius 2 is 2.16 bits per heavy atom. The fraction of sp³-hybridized carbons (Fsp3) is 0.400. The van der Waals surface area contributed by atoms with Gasteiger partial charge < -0.3 is 14.8 Å². The van der Waals surface area contributed by atoms with Crippen LogP contribution in [0.1, 0.15) is 35.0 Å². The highest BCUT2D eigenvalue weighted by atomic mass is 35.5. The predicted octanol–water partition coefficient (Wildman–Crippen LogP) is 2.72. The van der Waals surface area contributed by atoms with Crippen LogP contribution < -0.4 is 10.0 Å². The zero-order chi connectivity index (χ0) is 22.4. The fourth-order valence-corrected chi connectivity index (χ4v) is 5.17. The number of hydrogen-bond donors (Lipinski definition) is 2. The smallest absolute Gasteiger partial charge is 0.338 e. The van der Waals surface area contributed by atoms with Gasteiger partial charge in [0.1, 0.15) is 4.90 Å². The minimum Gasteiger partial charge on any atom is -0.449 e. The first-order valence-corrected chi connectivity index (χ1v) is 12.4. The molecule has 0 radical (unpaired) electrons. The van der Waals surface area contributed by atoms with Crippen LogP contribution in [0, 0.1) is 0 Å². The highest BCUT2D eigenvalue weighted by molar-refractivity contribution is 7.89. The molecule has 1 aliphatic rings. The van der Waals surface area contributed by atoms with Gasteiger partial charge in [0.05, 0.1) is 23.2 Å². The van der Waals surface area contributed by atoms with Gasteiger partial charge >= 0.3 is 5.97 Å². The second-order valence-electron chi connectivity index (χ2n) is 6.98. The number of rotatable bonds is 9. The summed E-state index contributed by atoms with van der Waals surface area (Å²) in [5.41, 5.74) is -0.0280. The largest absolute Gasteiger partial charge is 0.449 e. The lowest BCUT2D eigenvalue weighted by Gasteiger charge is -2.15. The van der Waals surface area contributed by atoms with Gasteiger partial charge in [-0.05, 0) is 49.4 Å². The van der Waals surface area contributed by atoms with Gasteiger partial charge in [-0.2, -0.15) is 0 Å². The number of amides is 1. The maximum Gasteiger partial charge on any atom is 0.338 e. The molecule has 1 saturated heterocycles. The molecule has 1 fully saturated rings. The molecule has 0 saturated carbocycles.